The predicted molar refractivity (Wildman–Crippen MR) is 95.1 cm³/mol. The lowest BCUT2D eigenvalue weighted by atomic mass is 9.97. The van der Waals surface area contributed by atoms with Gasteiger partial charge in [0, 0.05) is 25.3 Å². The van der Waals surface area contributed by atoms with Gasteiger partial charge in [0.2, 0.25) is 0 Å². The number of ether oxygens (including phenoxy) is 3. The van der Waals surface area contributed by atoms with Crippen LogP contribution in [0.4, 0.5) is 13.6 Å². The number of amides is 2. The molecule has 154 valence electrons. The summed E-state index contributed by atoms with van der Waals surface area (Å²) in [5.41, 5.74) is 6.18. The molecule has 3 rings (SSSR count). The Morgan fingerprint density at radius 2 is 2.04 bits per heavy atom. The van der Waals surface area contributed by atoms with Gasteiger partial charge in [-0.3, -0.25) is 9.69 Å². The molecule has 0 radical (unpaired) electrons. The van der Waals surface area contributed by atoms with Gasteiger partial charge < -0.3 is 19.9 Å². The molecule has 1 heterocycles. The number of rotatable bonds is 8. The third-order valence-electron chi connectivity index (χ3n) is 4.92. The summed E-state index contributed by atoms with van der Waals surface area (Å²) in [6, 6.07) is 4.05. The van der Waals surface area contributed by atoms with E-state index in [1.807, 2.05) is 0 Å². The highest BCUT2D eigenvalue weighted by Crippen LogP contribution is 2.39. The Balaban J connectivity index is 1.78. The normalized spacial score (nSPS) is 21.6. The molecule has 1 aliphatic carbocycles. The van der Waals surface area contributed by atoms with Crippen LogP contribution in [0.1, 0.15) is 44.1 Å². The number of carbonyl (C=O) groups excluding carboxylic acids is 2. The quantitative estimate of drug-likeness (QED) is 0.679. The Morgan fingerprint density at radius 3 is 2.64 bits per heavy atom. The fourth-order valence-electron chi connectivity index (χ4n) is 3.20. The van der Waals surface area contributed by atoms with Gasteiger partial charge >= 0.3 is 18.6 Å². The molecular formula is C19H24F2N2O5. The van der Waals surface area contributed by atoms with E-state index in [0.717, 1.165) is 18.4 Å². The number of nitrogens with zero attached hydrogens (tertiary/aromatic N) is 1. The molecule has 1 aromatic rings. The van der Waals surface area contributed by atoms with E-state index in [-0.39, 0.29) is 30.4 Å². The summed E-state index contributed by atoms with van der Waals surface area (Å²) in [5, 5.41) is 0. The molecule has 1 aliphatic heterocycles. The molecule has 1 aromatic carbocycles. The Hall–Kier alpha value is -2.58. The molecule has 2 atom stereocenters. The van der Waals surface area contributed by atoms with Crippen molar-refractivity contribution in [1.82, 2.24) is 4.90 Å². The Bertz CT molecular complexity index is 726. The lowest BCUT2D eigenvalue weighted by molar-refractivity contribution is -0.153. The number of benzene rings is 1. The lowest BCUT2D eigenvalue weighted by Gasteiger charge is -2.21. The standard InChI is InChI=1S/C19H24F2N2O5/c1-2-17(24)28-16-8-13(9-23(16)19(22)25)12-5-6-14(27-18(20)21)15(7-12)26-10-11-3-4-11/h5-7,11,13,16,18H,2-4,8-10H2,1H3,(H2,22,25)/t13?,16-/m0/s1. The number of hydrogen-bond donors (Lipinski definition) is 1. The maximum Gasteiger partial charge on any atom is 0.387 e. The molecule has 2 amide bonds. The number of hydrogen-bond acceptors (Lipinski definition) is 5. The summed E-state index contributed by atoms with van der Waals surface area (Å²) in [6.45, 7) is -0.593. The van der Waals surface area contributed by atoms with Crippen LogP contribution in [-0.2, 0) is 9.53 Å². The summed E-state index contributed by atoms with van der Waals surface area (Å²) >= 11 is 0. The average molecular weight is 398 g/mol. The van der Waals surface area contributed by atoms with E-state index >= 15 is 0 Å². The van der Waals surface area contributed by atoms with Crippen LogP contribution in [0.25, 0.3) is 0 Å². The molecule has 1 saturated carbocycles. The van der Waals surface area contributed by atoms with E-state index in [0.29, 0.717) is 18.9 Å². The molecule has 1 saturated heterocycles. The molecule has 28 heavy (non-hydrogen) atoms. The maximum absolute atomic E-state index is 12.7. The van der Waals surface area contributed by atoms with Crippen molar-refractivity contribution in [2.24, 2.45) is 11.7 Å². The molecule has 9 heteroatoms. The number of alkyl halides is 2. The zero-order valence-corrected chi connectivity index (χ0v) is 15.6. The fourth-order valence-corrected chi connectivity index (χ4v) is 3.20. The van der Waals surface area contributed by atoms with Crippen LogP contribution in [0.5, 0.6) is 11.5 Å². The summed E-state index contributed by atoms with van der Waals surface area (Å²) in [4.78, 5) is 24.6. The Kier molecular flexibility index (Phi) is 6.21. The number of urea groups is 1. The third kappa shape index (κ3) is 5.02. The number of primary amides is 1. The summed E-state index contributed by atoms with van der Waals surface area (Å²) in [7, 11) is 0. The fraction of sp³-hybridized carbons (Fsp3) is 0.579. The lowest BCUT2D eigenvalue weighted by Crippen LogP contribution is -2.41. The van der Waals surface area contributed by atoms with Crippen molar-refractivity contribution >= 4 is 12.0 Å². The highest BCUT2D eigenvalue weighted by atomic mass is 19.3. The van der Waals surface area contributed by atoms with Crippen LogP contribution in [0.3, 0.4) is 0 Å². The molecule has 0 aromatic heterocycles. The number of halogens is 2. The minimum Gasteiger partial charge on any atom is -0.489 e. The van der Waals surface area contributed by atoms with Crippen molar-refractivity contribution in [2.75, 3.05) is 13.2 Å². The third-order valence-corrected chi connectivity index (χ3v) is 4.92. The van der Waals surface area contributed by atoms with Crippen LogP contribution >= 0.6 is 0 Å². The van der Waals surface area contributed by atoms with Gasteiger partial charge in [0.25, 0.3) is 0 Å². The zero-order chi connectivity index (χ0) is 20.3. The smallest absolute Gasteiger partial charge is 0.387 e. The molecule has 2 fully saturated rings. The second-order valence-corrected chi connectivity index (χ2v) is 7.06. The minimum absolute atomic E-state index is 0.0295. The first-order chi connectivity index (χ1) is 13.4. The van der Waals surface area contributed by atoms with Gasteiger partial charge in [-0.1, -0.05) is 13.0 Å². The number of likely N-dealkylation sites (tertiary alicyclic amines) is 1. The first kappa shape index (κ1) is 20.2. The molecule has 2 aliphatic rings. The van der Waals surface area contributed by atoms with Crippen molar-refractivity contribution in [3.8, 4) is 11.5 Å². The molecule has 1 unspecified atom stereocenters. The summed E-state index contributed by atoms with van der Waals surface area (Å²) in [5.74, 6) is 0.0530. The SMILES string of the molecule is CCC(=O)O[C@H]1CC(c2ccc(OC(F)F)c(OCC3CC3)c2)CN1C(N)=O. The summed E-state index contributed by atoms with van der Waals surface area (Å²) in [6.07, 6.45) is 1.93. The minimum atomic E-state index is -2.95. The van der Waals surface area contributed by atoms with Crippen molar-refractivity contribution < 1.29 is 32.6 Å². The van der Waals surface area contributed by atoms with Crippen LogP contribution in [0.15, 0.2) is 18.2 Å². The summed E-state index contributed by atoms with van der Waals surface area (Å²) < 4.78 is 40.9. The van der Waals surface area contributed by atoms with E-state index in [1.165, 1.54) is 11.0 Å². The van der Waals surface area contributed by atoms with Gasteiger partial charge in [0.1, 0.15) is 0 Å². The second kappa shape index (κ2) is 8.62. The van der Waals surface area contributed by atoms with Gasteiger partial charge in [-0.05, 0) is 36.5 Å². The maximum atomic E-state index is 12.7. The number of carbonyl (C=O) groups is 2. The van der Waals surface area contributed by atoms with Gasteiger partial charge in [-0.2, -0.15) is 8.78 Å². The van der Waals surface area contributed by atoms with Crippen molar-refractivity contribution in [3.05, 3.63) is 23.8 Å². The van der Waals surface area contributed by atoms with Crippen LogP contribution in [0.2, 0.25) is 0 Å². The van der Waals surface area contributed by atoms with Gasteiger partial charge in [0.15, 0.2) is 17.7 Å². The van der Waals surface area contributed by atoms with Crippen LogP contribution < -0.4 is 15.2 Å². The van der Waals surface area contributed by atoms with E-state index in [9.17, 15) is 18.4 Å². The highest BCUT2D eigenvalue weighted by molar-refractivity contribution is 5.74. The monoisotopic (exact) mass is 398 g/mol. The number of esters is 1. The predicted octanol–water partition coefficient (Wildman–Crippen LogP) is 3.22. The molecule has 2 N–H and O–H groups in total. The van der Waals surface area contributed by atoms with Gasteiger partial charge in [-0.25, -0.2) is 4.79 Å². The topological polar surface area (TPSA) is 91.1 Å². The van der Waals surface area contributed by atoms with Crippen molar-refractivity contribution in [3.63, 3.8) is 0 Å². The molecule has 0 spiro atoms. The second-order valence-electron chi connectivity index (χ2n) is 7.06. The van der Waals surface area contributed by atoms with Gasteiger partial charge in [0.05, 0.1) is 6.61 Å². The van der Waals surface area contributed by atoms with E-state index < -0.39 is 24.8 Å². The largest absolute Gasteiger partial charge is 0.489 e. The first-order valence-electron chi connectivity index (χ1n) is 9.34. The van der Waals surface area contributed by atoms with Crippen LogP contribution in [0, 0.1) is 5.92 Å². The molecule has 7 nitrogen and oxygen atoms in total. The molecule has 0 bridgehead atoms. The van der Waals surface area contributed by atoms with Gasteiger partial charge in [-0.15, -0.1) is 0 Å². The Morgan fingerprint density at radius 1 is 1.29 bits per heavy atom. The zero-order valence-electron chi connectivity index (χ0n) is 15.6. The Labute approximate surface area is 161 Å². The molecular weight excluding hydrogens is 374 g/mol. The average Bonchev–Trinajstić information content (AvgIpc) is 3.38. The first-order valence-corrected chi connectivity index (χ1v) is 9.34. The van der Waals surface area contributed by atoms with Crippen LogP contribution in [-0.4, -0.2) is 42.9 Å². The van der Waals surface area contributed by atoms with E-state index in [1.54, 1.807) is 19.1 Å². The highest BCUT2D eigenvalue weighted by Gasteiger charge is 2.37. The van der Waals surface area contributed by atoms with E-state index in [2.05, 4.69) is 4.74 Å². The van der Waals surface area contributed by atoms with E-state index in [4.69, 9.17) is 15.2 Å². The number of nitrogens with two attached hydrogens (primary N) is 1. The van der Waals surface area contributed by atoms with Crippen molar-refractivity contribution in [2.45, 2.75) is 51.4 Å². The van der Waals surface area contributed by atoms with Crippen molar-refractivity contribution in [1.29, 1.82) is 0 Å².